The molecule has 21 heavy (non-hydrogen) atoms. The van der Waals surface area contributed by atoms with E-state index < -0.39 is 5.97 Å². The molecule has 2 aromatic heterocycles. The summed E-state index contributed by atoms with van der Waals surface area (Å²) in [5.74, 6) is 0.0841. The van der Waals surface area contributed by atoms with Gasteiger partial charge in [-0.2, -0.15) is 0 Å². The zero-order chi connectivity index (χ0) is 14.3. The van der Waals surface area contributed by atoms with Crippen LogP contribution in [0.15, 0.2) is 40.8 Å². The monoisotopic (exact) mass is 305 g/mol. The van der Waals surface area contributed by atoms with Gasteiger partial charge in [-0.15, -0.1) is 0 Å². The number of pyridine rings is 1. The Hall–Kier alpha value is -0.984. The molecule has 0 aliphatic rings. The summed E-state index contributed by atoms with van der Waals surface area (Å²) in [6.45, 7) is 3.73. The van der Waals surface area contributed by atoms with E-state index in [-0.39, 0.29) is 56.9 Å². The van der Waals surface area contributed by atoms with Crippen LogP contribution in [0.3, 0.4) is 0 Å². The molecule has 0 unspecified atom stereocenters. The van der Waals surface area contributed by atoms with Crippen LogP contribution in [-0.4, -0.2) is 11.0 Å². The van der Waals surface area contributed by atoms with Crippen LogP contribution in [0, 0.1) is 13.8 Å². The molecule has 0 atom stereocenters. The maximum Gasteiger partial charge on any atom is 1.00 e. The number of carboxylic acid groups (broad SMARTS) is 1. The Morgan fingerprint density at radius 2 is 1.90 bits per heavy atom. The van der Waals surface area contributed by atoms with Gasteiger partial charge in [-0.05, 0) is 44.2 Å². The van der Waals surface area contributed by atoms with E-state index in [9.17, 15) is 9.90 Å². The third-order valence-electron chi connectivity index (χ3n) is 3.18. The third-order valence-corrected chi connectivity index (χ3v) is 3.18. The number of aryl methyl sites for hydroxylation is 2. The smallest absolute Gasteiger partial charge is 0.545 e. The number of furan rings is 1. The minimum absolute atomic E-state index is 0. The largest absolute Gasteiger partial charge is 1.00 e. The second kappa shape index (κ2) is 6.42. The number of aromatic nitrogens is 1. The Balaban J connectivity index is 0.00000161. The SMILES string of the molecule is Cc1ccc2nc(-c3ccc(C)o3)cc(C(=O)[O-])c2c1.[K+]. The molecular formula is C16H12KNO3. The van der Waals surface area contributed by atoms with Gasteiger partial charge in [0.25, 0.3) is 0 Å². The molecule has 4 nitrogen and oxygen atoms in total. The van der Waals surface area contributed by atoms with Crippen LogP contribution in [0.4, 0.5) is 0 Å². The Morgan fingerprint density at radius 3 is 2.52 bits per heavy atom. The van der Waals surface area contributed by atoms with Crippen molar-refractivity contribution in [3.8, 4) is 11.5 Å². The van der Waals surface area contributed by atoms with Crippen molar-refractivity contribution in [3.63, 3.8) is 0 Å². The second-order valence-electron chi connectivity index (χ2n) is 4.77. The molecule has 0 saturated heterocycles. The fourth-order valence-electron chi connectivity index (χ4n) is 2.21. The van der Waals surface area contributed by atoms with Crippen molar-refractivity contribution in [1.29, 1.82) is 0 Å². The number of carbonyl (C=O) groups is 1. The summed E-state index contributed by atoms with van der Waals surface area (Å²) in [6, 6.07) is 10.6. The number of carbonyl (C=O) groups excluding carboxylic acids is 1. The van der Waals surface area contributed by atoms with Crippen LogP contribution in [0.5, 0.6) is 0 Å². The summed E-state index contributed by atoms with van der Waals surface area (Å²) in [4.78, 5) is 15.8. The predicted molar refractivity (Wildman–Crippen MR) is 73.2 cm³/mol. The van der Waals surface area contributed by atoms with Crippen LogP contribution in [-0.2, 0) is 0 Å². The van der Waals surface area contributed by atoms with E-state index >= 15 is 0 Å². The molecule has 0 bridgehead atoms. The minimum Gasteiger partial charge on any atom is -0.545 e. The molecule has 0 radical (unpaired) electrons. The summed E-state index contributed by atoms with van der Waals surface area (Å²) < 4.78 is 5.50. The first-order chi connectivity index (χ1) is 9.54. The van der Waals surface area contributed by atoms with Crippen molar-refractivity contribution in [1.82, 2.24) is 4.98 Å². The number of rotatable bonds is 2. The molecule has 2 heterocycles. The fraction of sp³-hybridized carbons (Fsp3) is 0.125. The first kappa shape index (κ1) is 16.4. The van der Waals surface area contributed by atoms with Gasteiger partial charge < -0.3 is 14.3 Å². The summed E-state index contributed by atoms with van der Waals surface area (Å²) in [5, 5.41) is 11.9. The molecule has 0 saturated carbocycles. The van der Waals surface area contributed by atoms with Crippen molar-refractivity contribution in [2.45, 2.75) is 13.8 Å². The maximum atomic E-state index is 11.3. The van der Waals surface area contributed by atoms with Crippen molar-refractivity contribution < 1.29 is 65.7 Å². The van der Waals surface area contributed by atoms with Gasteiger partial charge in [0.2, 0.25) is 0 Å². The van der Waals surface area contributed by atoms with Crippen LogP contribution in [0.2, 0.25) is 0 Å². The van der Waals surface area contributed by atoms with Gasteiger partial charge >= 0.3 is 51.4 Å². The standard InChI is InChI=1S/C16H13NO3.K/c1-9-3-5-13-11(7-9)12(16(18)19)8-14(17-13)15-6-4-10(2)20-15;/h3-8H,1-2H3,(H,18,19);/q;+1/p-1. The van der Waals surface area contributed by atoms with E-state index in [0.717, 1.165) is 11.3 Å². The first-order valence-corrected chi connectivity index (χ1v) is 6.24. The van der Waals surface area contributed by atoms with Gasteiger partial charge in [0.1, 0.15) is 11.5 Å². The van der Waals surface area contributed by atoms with Crippen molar-refractivity contribution in [2.24, 2.45) is 0 Å². The maximum absolute atomic E-state index is 11.3. The molecule has 5 heteroatoms. The predicted octanol–water partition coefficient (Wildman–Crippen LogP) is -0.521. The van der Waals surface area contributed by atoms with Crippen LogP contribution < -0.4 is 56.5 Å². The Labute approximate surface area is 164 Å². The van der Waals surface area contributed by atoms with E-state index in [4.69, 9.17) is 4.42 Å². The third kappa shape index (κ3) is 3.27. The molecule has 0 spiro atoms. The number of aromatic carboxylic acids is 1. The number of hydrogen-bond donors (Lipinski definition) is 0. The van der Waals surface area contributed by atoms with Crippen molar-refractivity contribution >= 4 is 16.9 Å². The Bertz CT molecular complexity index is 824. The van der Waals surface area contributed by atoms with E-state index in [0.29, 0.717) is 22.4 Å². The van der Waals surface area contributed by atoms with E-state index in [1.54, 1.807) is 18.2 Å². The van der Waals surface area contributed by atoms with Crippen LogP contribution in [0.25, 0.3) is 22.4 Å². The Morgan fingerprint density at radius 1 is 1.14 bits per heavy atom. The van der Waals surface area contributed by atoms with E-state index in [1.807, 2.05) is 26.0 Å². The molecule has 0 amide bonds. The summed E-state index contributed by atoms with van der Waals surface area (Å²) in [6.07, 6.45) is 0. The van der Waals surface area contributed by atoms with Gasteiger partial charge in [-0.25, -0.2) is 4.98 Å². The van der Waals surface area contributed by atoms with Gasteiger partial charge in [0.05, 0.1) is 11.5 Å². The average molecular weight is 305 g/mol. The molecule has 1 aromatic carbocycles. The number of carboxylic acids is 1. The van der Waals surface area contributed by atoms with E-state index in [1.165, 1.54) is 6.07 Å². The van der Waals surface area contributed by atoms with Crippen molar-refractivity contribution in [3.05, 3.63) is 53.3 Å². The quantitative estimate of drug-likeness (QED) is 0.598. The summed E-state index contributed by atoms with van der Waals surface area (Å²) in [5.41, 5.74) is 2.21. The molecule has 0 fully saturated rings. The second-order valence-corrected chi connectivity index (χ2v) is 4.77. The van der Waals surface area contributed by atoms with Gasteiger partial charge in [0, 0.05) is 10.9 Å². The summed E-state index contributed by atoms with van der Waals surface area (Å²) in [7, 11) is 0. The molecular weight excluding hydrogens is 293 g/mol. The van der Waals surface area contributed by atoms with Crippen molar-refractivity contribution in [2.75, 3.05) is 0 Å². The minimum atomic E-state index is -1.22. The molecule has 0 aliphatic carbocycles. The number of fused-ring (bicyclic) bond motifs is 1. The first-order valence-electron chi connectivity index (χ1n) is 6.24. The van der Waals surface area contributed by atoms with Crippen LogP contribution in [0.1, 0.15) is 21.7 Å². The summed E-state index contributed by atoms with van der Waals surface area (Å²) >= 11 is 0. The van der Waals surface area contributed by atoms with Gasteiger partial charge in [0.15, 0.2) is 5.76 Å². The van der Waals surface area contributed by atoms with E-state index in [2.05, 4.69) is 4.98 Å². The number of nitrogens with zero attached hydrogens (tertiary/aromatic N) is 1. The average Bonchev–Trinajstić information content (AvgIpc) is 2.84. The zero-order valence-electron chi connectivity index (χ0n) is 12.1. The fourth-order valence-corrected chi connectivity index (χ4v) is 2.21. The normalized spacial score (nSPS) is 10.4. The molecule has 3 rings (SSSR count). The molecule has 0 aliphatic heterocycles. The zero-order valence-corrected chi connectivity index (χ0v) is 15.3. The van der Waals surface area contributed by atoms with Gasteiger partial charge in [-0.3, -0.25) is 0 Å². The molecule has 3 aromatic rings. The Kier molecular flexibility index (Phi) is 5.01. The van der Waals surface area contributed by atoms with Gasteiger partial charge in [-0.1, -0.05) is 11.6 Å². The van der Waals surface area contributed by atoms with Crippen LogP contribution >= 0.6 is 0 Å². The molecule has 0 N–H and O–H groups in total. The number of benzene rings is 1. The topological polar surface area (TPSA) is 66.2 Å². The molecule has 100 valence electrons. The number of hydrogen-bond acceptors (Lipinski definition) is 4.